The van der Waals surface area contributed by atoms with Crippen LogP contribution in [0, 0.1) is 5.92 Å². The molecule has 4 aromatic rings. The number of pyridine rings is 1. The molecule has 0 bridgehead atoms. The molecule has 2 atom stereocenters. The number of nitrogens with zero attached hydrogens (tertiary/aromatic N) is 5. The van der Waals surface area contributed by atoms with E-state index in [2.05, 4.69) is 15.3 Å². The number of halogens is 4. The first-order chi connectivity index (χ1) is 20.0. The van der Waals surface area contributed by atoms with E-state index in [1.54, 1.807) is 16.5 Å². The van der Waals surface area contributed by atoms with Gasteiger partial charge in [-0.25, -0.2) is 15.0 Å². The monoisotopic (exact) mass is 599 g/mol. The second kappa shape index (κ2) is 10.6. The molecule has 42 heavy (non-hydrogen) atoms. The molecule has 2 fully saturated rings. The predicted octanol–water partition coefficient (Wildman–Crippen LogP) is 5.00. The fraction of sp³-hybridized carbons (Fsp3) is 0.321. The average molecular weight is 600 g/mol. The Balaban J connectivity index is 1.30. The third kappa shape index (κ3) is 5.25. The van der Waals surface area contributed by atoms with Crippen molar-refractivity contribution < 1.29 is 27.5 Å². The quantitative estimate of drug-likeness (QED) is 0.330. The number of nitrogens with two attached hydrogens (primary N) is 1. The number of benzene rings is 1. The van der Waals surface area contributed by atoms with Gasteiger partial charge in [0.1, 0.15) is 39.9 Å². The number of morpholine rings is 1. The number of imidazole rings is 1. The molecular weight excluding hydrogens is 575 g/mol. The van der Waals surface area contributed by atoms with Crippen molar-refractivity contribution in [1.82, 2.24) is 24.3 Å². The van der Waals surface area contributed by atoms with Gasteiger partial charge in [0.2, 0.25) is 5.91 Å². The predicted molar refractivity (Wildman–Crippen MR) is 148 cm³/mol. The molecule has 6 rings (SSSR count). The summed E-state index contributed by atoms with van der Waals surface area (Å²) in [5, 5.41) is 2.64. The second-order valence-electron chi connectivity index (χ2n) is 10.4. The number of alkyl halides is 3. The molecule has 1 aliphatic carbocycles. The second-order valence-corrected chi connectivity index (χ2v) is 10.8. The molecule has 10 nitrogen and oxygen atoms in total. The fourth-order valence-electron chi connectivity index (χ4n) is 4.98. The van der Waals surface area contributed by atoms with Gasteiger partial charge in [0.25, 0.3) is 5.91 Å². The van der Waals surface area contributed by atoms with E-state index in [4.69, 9.17) is 27.1 Å². The third-order valence-corrected chi connectivity index (χ3v) is 7.62. The van der Waals surface area contributed by atoms with Crippen LogP contribution in [0.4, 0.5) is 24.8 Å². The SMILES string of the molecule is C[C@H]1CO[C@@H](c2nc(-c3ccc(C(=O)Nc4cc(C(F)(F)F)ccn4)cc3)c3c(N)ncc(Cl)n23)CN1C(=O)C1CC1. The lowest BCUT2D eigenvalue weighted by Gasteiger charge is -2.37. The first-order valence-corrected chi connectivity index (χ1v) is 13.6. The van der Waals surface area contributed by atoms with Crippen LogP contribution in [-0.4, -0.2) is 55.3 Å². The lowest BCUT2D eigenvalue weighted by molar-refractivity contribution is -0.146. The number of hydrogen-bond donors (Lipinski definition) is 2. The number of fused-ring (bicyclic) bond motifs is 1. The zero-order valence-corrected chi connectivity index (χ0v) is 23.0. The van der Waals surface area contributed by atoms with Gasteiger partial charge in [0.05, 0.1) is 31.0 Å². The van der Waals surface area contributed by atoms with Crippen LogP contribution in [0.2, 0.25) is 5.15 Å². The minimum Gasteiger partial charge on any atom is -0.382 e. The van der Waals surface area contributed by atoms with E-state index in [0.29, 0.717) is 35.8 Å². The number of amides is 2. The van der Waals surface area contributed by atoms with Crippen LogP contribution >= 0.6 is 11.6 Å². The largest absolute Gasteiger partial charge is 0.416 e. The highest BCUT2D eigenvalue weighted by Gasteiger charge is 2.40. The first kappa shape index (κ1) is 27.9. The summed E-state index contributed by atoms with van der Waals surface area (Å²) in [5.41, 5.74) is 6.99. The van der Waals surface area contributed by atoms with E-state index in [1.165, 1.54) is 18.3 Å². The zero-order valence-electron chi connectivity index (χ0n) is 22.2. The van der Waals surface area contributed by atoms with E-state index < -0.39 is 23.8 Å². The smallest absolute Gasteiger partial charge is 0.382 e. The van der Waals surface area contributed by atoms with Crippen molar-refractivity contribution in [3.8, 4) is 11.3 Å². The van der Waals surface area contributed by atoms with Crippen molar-refractivity contribution in [3.05, 3.63) is 70.9 Å². The highest BCUT2D eigenvalue weighted by Crippen LogP contribution is 2.37. The maximum atomic E-state index is 13.0. The Labute approximate surface area is 242 Å². The number of hydrogen-bond acceptors (Lipinski definition) is 7. The summed E-state index contributed by atoms with van der Waals surface area (Å²) in [7, 11) is 0. The van der Waals surface area contributed by atoms with Gasteiger partial charge in [-0.15, -0.1) is 0 Å². The standard InChI is InChI=1S/C28H25ClF3N7O3/c1-14-13-42-19(12-38(14)27(41)17-6-7-17)25-37-22(23-24(33)35-11-20(29)39(23)25)15-2-4-16(5-3-15)26(40)36-21-10-18(8-9-34-21)28(30,31)32/h2-5,8-11,14,17,19H,6-7,12-13H2,1H3,(H2,33,35)(H,34,36,40)/t14-,19+/m0/s1. The lowest BCUT2D eigenvalue weighted by Crippen LogP contribution is -2.49. The van der Waals surface area contributed by atoms with Gasteiger partial charge in [-0.3, -0.25) is 14.0 Å². The van der Waals surface area contributed by atoms with Gasteiger partial charge in [-0.2, -0.15) is 13.2 Å². The number of rotatable bonds is 5. The molecule has 2 amide bonds. The number of ether oxygens (including phenoxy) is 1. The molecule has 4 heterocycles. The summed E-state index contributed by atoms with van der Waals surface area (Å²) < 4.78 is 46.9. The van der Waals surface area contributed by atoms with Crippen LogP contribution in [0.3, 0.4) is 0 Å². The Bertz CT molecular complexity index is 1690. The highest BCUT2D eigenvalue weighted by atomic mass is 35.5. The Morgan fingerprint density at radius 2 is 1.88 bits per heavy atom. The maximum absolute atomic E-state index is 13.0. The molecule has 3 N–H and O–H groups in total. The molecule has 0 unspecified atom stereocenters. The molecule has 2 aliphatic rings. The molecule has 3 aromatic heterocycles. The number of nitrogen functional groups attached to an aromatic ring is 1. The van der Waals surface area contributed by atoms with Crippen molar-refractivity contribution in [2.75, 3.05) is 24.2 Å². The topological polar surface area (TPSA) is 128 Å². The van der Waals surface area contributed by atoms with Crippen molar-refractivity contribution in [2.45, 2.75) is 38.1 Å². The molecule has 218 valence electrons. The van der Waals surface area contributed by atoms with Crippen molar-refractivity contribution in [2.24, 2.45) is 5.92 Å². The average Bonchev–Trinajstić information content (AvgIpc) is 3.74. The molecule has 0 radical (unpaired) electrons. The van der Waals surface area contributed by atoms with E-state index in [1.807, 2.05) is 11.8 Å². The number of nitrogens with one attached hydrogen (secondary N) is 1. The normalized spacial score (nSPS) is 19.2. The number of carbonyl (C=O) groups excluding carboxylic acids is 2. The zero-order chi connectivity index (χ0) is 29.8. The summed E-state index contributed by atoms with van der Waals surface area (Å²) in [6.45, 7) is 2.58. The molecular formula is C28H25ClF3N7O3. The molecule has 1 saturated heterocycles. The minimum absolute atomic E-state index is 0.0577. The van der Waals surface area contributed by atoms with Crippen LogP contribution in [0.25, 0.3) is 16.8 Å². The highest BCUT2D eigenvalue weighted by molar-refractivity contribution is 6.30. The van der Waals surface area contributed by atoms with Crippen LogP contribution in [0.1, 0.15) is 47.6 Å². The Morgan fingerprint density at radius 1 is 1.14 bits per heavy atom. The van der Waals surface area contributed by atoms with E-state index in [9.17, 15) is 22.8 Å². The molecule has 0 spiro atoms. The summed E-state index contributed by atoms with van der Waals surface area (Å²) in [5.74, 6) is -0.0790. The van der Waals surface area contributed by atoms with Crippen LogP contribution < -0.4 is 11.1 Å². The van der Waals surface area contributed by atoms with Gasteiger partial charge >= 0.3 is 6.18 Å². The fourth-order valence-corrected chi connectivity index (χ4v) is 5.20. The molecule has 1 aliphatic heterocycles. The Hall–Kier alpha value is -4.23. The summed E-state index contributed by atoms with van der Waals surface area (Å²) in [6.07, 6.45) is -0.974. The van der Waals surface area contributed by atoms with Gasteiger partial charge in [0.15, 0.2) is 0 Å². The van der Waals surface area contributed by atoms with Gasteiger partial charge in [0, 0.05) is 23.2 Å². The van der Waals surface area contributed by atoms with E-state index in [0.717, 1.165) is 31.2 Å². The van der Waals surface area contributed by atoms with Crippen LogP contribution in [0.5, 0.6) is 0 Å². The van der Waals surface area contributed by atoms with Crippen molar-refractivity contribution in [1.29, 1.82) is 0 Å². The Kier molecular flexibility index (Phi) is 7.01. The first-order valence-electron chi connectivity index (χ1n) is 13.2. The molecule has 14 heteroatoms. The van der Waals surface area contributed by atoms with Crippen LogP contribution in [0.15, 0.2) is 48.8 Å². The van der Waals surface area contributed by atoms with Gasteiger partial charge < -0.3 is 20.7 Å². The summed E-state index contributed by atoms with van der Waals surface area (Å²) >= 11 is 6.56. The number of anilines is 2. The van der Waals surface area contributed by atoms with Crippen molar-refractivity contribution in [3.63, 3.8) is 0 Å². The van der Waals surface area contributed by atoms with Crippen LogP contribution in [-0.2, 0) is 15.7 Å². The van der Waals surface area contributed by atoms with E-state index in [-0.39, 0.29) is 40.2 Å². The molecule has 1 aromatic carbocycles. The molecule has 1 saturated carbocycles. The number of aromatic nitrogens is 4. The van der Waals surface area contributed by atoms with E-state index >= 15 is 0 Å². The Morgan fingerprint density at radius 3 is 2.57 bits per heavy atom. The maximum Gasteiger partial charge on any atom is 0.416 e. The minimum atomic E-state index is -4.57. The summed E-state index contributed by atoms with van der Waals surface area (Å²) in [4.78, 5) is 40.3. The number of carbonyl (C=O) groups is 2. The third-order valence-electron chi connectivity index (χ3n) is 7.35. The van der Waals surface area contributed by atoms with Gasteiger partial charge in [-0.05, 0) is 44.0 Å². The summed E-state index contributed by atoms with van der Waals surface area (Å²) in [6, 6.07) is 7.78. The lowest BCUT2D eigenvalue weighted by atomic mass is 10.1. The van der Waals surface area contributed by atoms with Gasteiger partial charge in [-0.1, -0.05) is 23.7 Å². The van der Waals surface area contributed by atoms with Crippen molar-refractivity contribution >= 4 is 40.6 Å².